The summed E-state index contributed by atoms with van der Waals surface area (Å²) in [6, 6.07) is 16.3. The molecule has 2 aromatic rings. The van der Waals surface area contributed by atoms with Gasteiger partial charge in [0.2, 0.25) is 5.91 Å². The van der Waals surface area contributed by atoms with E-state index in [-0.39, 0.29) is 5.91 Å². The van der Waals surface area contributed by atoms with Crippen LogP contribution in [-0.4, -0.2) is 12.5 Å². The molecule has 0 aliphatic carbocycles. The van der Waals surface area contributed by atoms with Crippen molar-refractivity contribution in [3.05, 3.63) is 53.0 Å². The number of para-hydroxylation sites is 1. The zero-order valence-corrected chi connectivity index (χ0v) is 12.1. The number of carbonyl (C=O) groups is 1. The molecule has 1 heterocycles. The molecule has 0 aromatic heterocycles. The number of benzene rings is 2. The first-order chi connectivity index (χ1) is 9.25. The lowest BCUT2D eigenvalue weighted by atomic mass is 10.0. The van der Waals surface area contributed by atoms with E-state index < -0.39 is 0 Å². The molecule has 1 aliphatic heterocycles. The summed E-state index contributed by atoms with van der Waals surface area (Å²) in [5.41, 5.74) is 3.27. The average molecular weight is 316 g/mol. The molecule has 1 amide bonds. The lowest BCUT2D eigenvalue weighted by molar-refractivity contribution is -0.117. The van der Waals surface area contributed by atoms with Crippen LogP contribution >= 0.6 is 15.9 Å². The zero-order valence-electron chi connectivity index (χ0n) is 10.5. The molecule has 2 nitrogen and oxygen atoms in total. The molecule has 19 heavy (non-hydrogen) atoms. The van der Waals surface area contributed by atoms with Gasteiger partial charge in [-0.05, 0) is 30.2 Å². The van der Waals surface area contributed by atoms with E-state index in [2.05, 4.69) is 34.1 Å². The van der Waals surface area contributed by atoms with Crippen LogP contribution in [0, 0.1) is 0 Å². The van der Waals surface area contributed by atoms with Gasteiger partial charge in [0.1, 0.15) is 0 Å². The summed E-state index contributed by atoms with van der Waals surface area (Å²) < 4.78 is 1.06. The smallest absolute Gasteiger partial charge is 0.227 e. The van der Waals surface area contributed by atoms with Gasteiger partial charge in [-0.1, -0.05) is 46.3 Å². The van der Waals surface area contributed by atoms with Crippen molar-refractivity contribution in [1.82, 2.24) is 0 Å². The van der Waals surface area contributed by atoms with Gasteiger partial charge in [-0.25, -0.2) is 0 Å². The highest BCUT2D eigenvalue weighted by Crippen LogP contribution is 2.33. The Morgan fingerprint density at radius 3 is 2.42 bits per heavy atom. The Labute approximate surface area is 121 Å². The third-order valence-corrected chi connectivity index (χ3v) is 3.95. The van der Waals surface area contributed by atoms with Gasteiger partial charge in [0.05, 0.1) is 5.69 Å². The van der Waals surface area contributed by atoms with E-state index in [0.29, 0.717) is 6.42 Å². The van der Waals surface area contributed by atoms with Crippen LogP contribution in [0.2, 0.25) is 0 Å². The summed E-state index contributed by atoms with van der Waals surface area (Å²) in [5.74, 6) is 0.226. The van der Waals surface area contributed by atoms with E-state index in [1.54, 1.807) is 0 Å². The maximum atomic E-state index is 11.9. The van der Waals surface area contributed by atoms with Crippen LogP contribution in [-0.2, 0) is 4.79 Å². The van der Waals surface area contributed by atoms with Crippen LogP contribution in [0.1, 0.15) is 12.8 Å². The predicted octanol–water partition coefficient (Wildman–Crippen LogP) is 4.24. The first kappa shape index (κ1) is 12.4. The number of anilines is 1. The fraction of sp³-hybridized carbons (Fsp3) is 0.188. The molecule has 0 bridgehead atoms. The molecule has 1 saturated heterocycles. The Kier molecular flexibility index (Phi) is 3.38. The second-order valence-corrected chi connectivity index (χ2v) is 5.59. The standard InChI is InChI=1S/C16H14BrNO/c17-13-9-7-12(8-10-13)14-4-1-2-5-15(14)18-11-3-6-16(18)19/h1-2,4-5,7-10H,3,6,11H2. The quantitative estimate of drug-likeness (QED) is 0.811. The van der Waals surface area contributed by atoms with Gasteiger partial charge in [-0.2, -0.15) is 0 Å². The monoisotopic (exact) mass is 315 g/mol. The molecule has 3 rings (SSSR count). The fourth-order valence-electron chi connectivity index (χ4n) is 2.49. The third-order valence-electron chi connectivity index (χ3n) is 3.42. The lowest BCUT2D eigenvalue weighted by Gasteiger charge is -2.19. The van der Waals surface area contributed by atoms with Gasteiger partial charge >= 0.3 is 0 Å². The van der Waals surface area contributed by atoms with Gasteiger partial charge in [-0.3, -0.25) is 4.79 Å². The van der Waals surface area contributed by atoms with E-state index >= 15 is 0 Å². The van der Waals surface area contributed by atoms with Gasteiger partial charge in [0.15, 0.2) is 0 Å². The summed E-state index contributed by atoms with van der Waals surface area (Å²) in [5, 5.41) is 0. The molecule has 0 unspecified atom stereocenters. The molecular formula is C16H14BrNO. The van der Waals surface area contributed by atoms with Crippen LogP contribution in [0.25, 0.3) is 11.1 Å². The molecule has 0 spiro atoms. The molecule has 0 N–H and O–H groups in total. The second-order valence-electron chi connectivity index (χ2n) is 4.67. The van der Waals surface area contributed by atoms with Gasteiger partial charge in [0, 0.05) is 23.0 Å². The van der Waals surface area contributed by atoms with E-state index in [1.807, 2.05) is 35.2 Å². The van der Waals surface area contributed by atoms with Gasteiger partial charge in [-0.15, -0.1) is 0 Å². The van der Waals surface area contributed by atoms with Crippen LogP contribution < -0.4 is 4.90 Å². The largest absolute Gasteiger partial charge is 0.312 e. The van der Waals surface area contributed by atoms with E-state index in [9.17, 15) is 4.79 Å². The molecule has 1 fully saturated rings. The molecule has 0 saturated carbocycles. The molecule has 2 aromatic carbocycles. The Balaban J connectivity index is 2.06. The number of rotatable bonds is 2. The minimum absolute atomic E-state index is 0.226. The van der Waals surface area contributed by atoms with Crippen molar-refractivity contribution in [3.63, 3.8) is 0 Å². The number of nitrogens with zero attached hydrogens (tertiary/aromatic N) is 1. The van der Waals surface area contributed by atoms with Gasteiger partial charge in [0.25, 0.3) is 0 Å². The number of halogens is 1. The molecule has 0 atom stereocenters. The summed E-state index contributed by atoms with van der Waals surface area (Å²) in [7, 11) is 0. The number of amides is 1. The number of hydrogen-bond donors (Lipinski definition) is 0. The summed E-state index contributed by atoms with van der Waals surface area (Å²) in [6.45, 7) is 0.826. The summed E-state index contributed by atoms with van der Waals surface area (Å²) >= 11 is 3.45. The topological polar surface area (TPSA) is 20.3 Å². The molecule has 1 aliphatic rings. The highest BCUT2D eigenvalue weighted by atomic mass is 79.9. The lowest BCUT2D eigenvalue weighted by Crippen LogP contribution is -2.24. The maximum Gasteiger partial charge on any atom is 0.227 e. The van der Waals surface area contributed by atoms with Crippen molar-refractivity contribution in [1.29, 1.82) is 0 Å². The Bertz CT molecular complexity index is 606. The molecule has 3 heteroatoms. The number of hydrogen-bond acceptors (Lipinski definition) is 1. The molecule has 0 radical (unpaired) electrons. The number of carbonyl (C=O) groups excluding carboxylic acids is 1. The van der Waals surface area contributed by atoms with E-state index in [0.717, 1.165) is 34.3 Å². The van der Waals surface area contributed by atoms with Crippen molar-refractivity contribution in [2.45, 2.75) is 12.8 Å². The van der Waals surface area contributed by atoms with Crippen molar-refractivity contribution < 1.29 is 4.79 Å². The minimum Gasteiger partial charge on any atom is -0.312 e. The predicted molar refractivity (Wildman–Crippen MR) is 81.2 cm³/mol. The Hall–Kier alpha value is -1.61. The molecule has 96 valence electrons. The summed E-state index contributed by atoms with van der Waals surface area (Å²) in [6.07, 6.45) is 1.61. The normalized spacial score (nSPS) is 15.0. The second kappa shape index (κ2) is 5.17. The minimum atomic E-state index is 0.226. The Morgan fingerprint density at radius 1 is 1.00 bits per heavy atom. The van der Waals surface area contributed by atoms with E-state index in [1.165, 1.54) is 0 Å². The van der Waals surface area contributed by atoms with Crippen LogP contribution in [0.5, 0.6) is 0 Å². The third kappa shape index (κ3) is 2.43. The van der Waals surface area contributed by atoms with Crippen molar-refractivity contribution in [3.8, 4) is 11.1 Å². The first-order valence-electron chi connectivity index (χ1n) is 6.41. The van der Waals surface area contributed by atoms with E-state index in [4.69, 9.17) is 0 Å². The highest BCUT2D eigenvalue weighted by molar-refractivity contribution is 9.10. The first-order valence-corrected chi connectivity index (χ1v) is 7.20. The highest BCUT2D eigenvalue weighted by Gasteiger charge is 2.23. The van der Waals surface area contributed by atoms with Gasteiger partial charge < -0.3 is 4.90 Å². The molecular weight excluding hydrogens is 302 g/mol. The van der Waals surface area contributed by atoms with Crippen molar-refractivity contribution in [2.24, 2.45) is 0 Å². The zero-order chi connectivity index (χ0) is 13.2. The average Bonchev–Trinajstić information content (AvgIpc) is 2.86. The SMILES string of the molecule is O=C1CCCN1c1ccccc1-c1ccc(Br)cc1. The van der Waals surface area contributed by atoms with Crippen molar-refractivity contribution in [2.75, 3.05) is 11.4 Å². The van der Waals surface area contributed by atoms with Crippen LogP contribution in [0.3, 0.4) is 0 Å². The van der Waals surface area contributed by atoms with Crippen molar-refractivity contribution >= 4 is 27.5 Å². The Morgan fingerprint density at radius 2 is 1.74 bits per heavy atom. The fourth-order valence-corrected chi connectivity index (χ4v) is 2.75. The summed E-state index contributed by atoms with van der Waals surface area (Å²) in [4.78, 5) is 13.8. The van der Waals surface area contributed by atoms with Crippen LogP contribution in [0.4, 0.5) is 5.69 Å². The maximum absolute atomic E-state index is 11.9. The van der Waals surface area contributed by atoms with Crippen LogP contribution in [0.15, 0.2) is 53.0 Å².